The Bertz CT molecular complexity index is 692. The van der Waals surface area contributed by atoms with E-state index in [1.807, 2.05) is 18.2 Å². The molecule has 3 rings (SSSR count). The first-order valence-electron chi connectivity index (χ1n) is 8.08. The van der Waals surface area contributed by atoms with Crippen molar-refractivity contribution < 1.29 is 14.3 Å². The molecule has 1 aliphatic rings. The number of hydrogen-bond acceptors (Lipinski definition) is 3. The molecule has 1 saturated heterocycles. The van der Waals surface area contributed by atoms with Crippen molar-refractivity contribution in [1.82, 2.24) is 5.32 Å². The van der Waals surface area contributed by atoms with Crippen LogP contribution in [0.4, 0.5) is 5.69 Å². The predicted molar refractivity (Wildman–Crippen MR) is 92.1 cm³/mol. The van der Waals surface area contributed by atoms with Gasteiger partial charge in [-0.15, -0.1) is 0 Å². The number of amides is 2. The van der Waals surface area contributed by atoms with Gasteiger partial charge < -0.3 is 15.4 Å². The molecule has 1 aliphatic heterocycles. The van der Waals surface area contributed by atoms with Gasteiger partial charge in [0, 0.05) is 30.0 Å². The van der Waals surface area contributed by atoms with Crippen LogP contribution in [0.5, 0.6) is 0 Å². The van der Waals surface area contributed by atoms with E-state index in [9.17, 15) is 9.59 Å². The van der Waals surface area contributed by atoms with Gasteiger partial charge in [0.2, 0.25) is 0 Å². The standard InChI is InChI=1S/C19H20N2O3/c22-18(20-13-17-7-4-12-24-17)15-8-10-16(11-9-15)21-19(23)14-5-2-1-3-6-14/h1-3,5-6,8-11,17H,4,7,12-13H2,(H,20,22)(H,21,23). The molecule has 5 nitrogen and oxygen atoms in total. The third-order valence-corrected chi connectivity index (χ3v) is 3.96. The Morgan fingerprint density at radius 1 is 0.958 bits per heavy atom. The van der Waals surface area contributed by atoms with Crippen molar-refractivity contribution in [3.63, 3.8) is 0 Å². The largest absolute Gasteiger partial charge is 0.376 e. The molecule has 0 radical (unpaired) electrons. The molecule has 2 aromatic rings. The van der Waals surface area contributed by atoms with Crippen molar-refractivity contribution in [2.75, 3.05) is 18.5 Å². The summed E-state index contributed by atoms with van der Waals surface area (Å²) in [5, 5.41) is 5.69. The molecule has 124 valence electrons. The average molecular weight is 324 g/mol. The van der Waals surface area contributed by atoms with E-state index < -0.39 is 0 Å². The van der Waals surface area contributed by atoms with Gasteiger partial charge in [-0.25, -0.2) is 0 Å². The number of carbonyl (C=O) groups excluding carboxylic acids is 2. The van der Waals surface area contributed by atoms with Crippen molar-refractivity contribution in [2.45, 2.75) is 18.9 Å². The molecule has 2 N–H and O–H groups in total. The van der Waals surface area contributed by atoms with E-state index in [1.165, 1.54) is 0 Å². The van der Waals surface area contributed by atoms with Crippen LogP contribution in [-0.4, -0.2) is 31.1 Å². The van der Waals surface area contributed by atoms with Gasteiger partial charge in [-0.2, -0.15) is 0 Å². The molecule has 5 heteroatoms. The SMILES string of the molecule is O=C(NCC1CCCO1)c1ccc(NC(=O)c2ccccc2)cc1. The summed E-state index contributed by atoms with van der Waals surface area (Å²) in [7, 11) is 0. The van der Waals surface area contributed by atoms with Gasteiger partial charge >= 0.3 is 0 Å². The summed E-state index contributed by atoms with van der Waals surface area (Å²) in [4.78, 5) is 24.2. The highest BCUT2D eigenvalue weighted by Crippen LogP contribution is 2.13. The zero-order valence-electron chi connectivity index (χ0n) is 13.3. The normalized spacial score (nSPS) is 16.6. The van der Waals surface area contributed by atoms with Crippen LogP contribution in [0.25, 0.3) is 0 Å². The minimum absolute atomic E-state index is 0.124. The molecule has 2 amide bonds. The van der Waals surface area contributed by atoms with Gasteiger partial charge in [-0.05, 0) is 49.2 Å². The first-order valence-corrected chi connectivity index (χ1v) is 8.08. The molecule has 0 saturated carbocycles. The van der Waals surface area contributed by atoms with Gasteiger partial charge in [-0.1, -0.05) is 18.2 Å². The lowest BCUT2D eigenvalue weighted by atomic mass is 10.1. The van der Waals surface area contributed by atoms with E-state index >= 15 is 0 Å². The summed E-state index contributed by atoms with van der Waals surface area (Å²) in [6.07, 6.45) is 2.17. The third kappa shape index (κ3) is 4.20. The smallest absolute Gasteiger partial charge is 0.255 e. The summed E-state index contributed by atoms with van der Waals surface area (Å²) >= 11 is 0. The van der Waals surface area contributed by atoms with Gasteiger partial charge in [0.05, 0.1) is 6.10 Å². The molecule has 0 spiro atoms. The van der Waals surface area contributed by atoms with Crippen molar-refractivity contribution in [2.24, 2.45) is 0 Å². The zero-order chi connectivity index (χ0) is 16.8. The molecule has 0 aliphatic carbocycles. The molecule has 2 aromatic carbocycles. The maximum atomic E-state index is 12.1. The predicted octanol–water partition coefficient (Wildman–Crippen LogP) is 2.85. The van der Waals surface area contributed by atoms with E-state index in [2.05, 4.69) is 10.6 Å². The molecular formula is C19H20N2O3. The maximum Gasteiger partial charge on any atom is 0.255 e. The highest BCUT2D eigenvalue weighted by atomic mass is 16.5. The van der Waals surface area contributed by atoms with Gasteiger partial charge in [0.25, 0.3) is 11.8 Å². The van der Waals surface area contributed by atoms with Crippen molar-refractivity contribution in [1.29, 1.82) is 0 Å². The molecule has 24 heavy (non-hydrogen) atoms. The van der Waals surface area contributed by atoms with Crippen LogP contribution in [0.3, 0.4) is 0 Å². The summed E-state index contributed by atoms with van der Waals surface area (Å²) in [5.41, 5.74) is 1.81. The monoisotopic (exact) mass is 324 g/mol. The van der Waals surface area contributed by atoms with Crippen LogP contribution in [0.2, 0.25) is 0 Å². The van der Waals surface area contributed by atoms with Crippen molar-refractivity contribution in [3.8, 4) is 0 Å². The van der Waals surface area contributed by atoms with Gasteiger partial charge in [-0.3, -0.25) is 9.59 Å². The Labute approximate surface area is 141 Å². The number of nitrogens with one attached hydrogen (secondary N) is 2. The first-order chi connectivity index (χ1) is 11.7. The van der Waals surface area contributed by atoms with E-state index in [0.717, 1.165) is 19.4 Å². The van der Waals surface area contributed by atoms with E-state index in [-0.39, 0.29) is 17.9 Å². The second-order valence-electron chi connectivity index (χ2n) is 5.74. The van der Waals surface area contributed by atoms with Crippen LogP contribution in [-0.2, 0) is 4.74 Å². The van der Waals surface area contributed by atoms with Crippen LogP contribution in [0.15, 0.2) is 54.6 Å². The number of benzene rings is 2. The van der Waals surface area contributed by atoms with E-state index in [4.69, 9.17) is 4.74 Å². The second kappa shape index (κ2) is 7.75. The number of anilines is 1. The number of rotatable bonds is 5. The molecule has 1 unspecified atom stereocenters. The lowest BCUT2D eigenvalue weighted by molar-refractivity contribution is 0.0857. The van der Waals surface area contributed by atoms with Crippen LogP contribution >= 0.6 is 0 Å². The molecule has 0 aromatic heterocycles. The quantitative estimate of drug-likeness (QED) is 0.889. The van der Waals surface area contributed by atoms with Crippen LogP contribution in [0.1, 0.15) is 33.6 Å². The summed E-state index contributed by atoms with van der Waals surface area (Å²) in [6.45, 7) is 1.31. The fraction of sp³-hybridized carbons (Fsp3) is 0.263. The molecule has 1 heterocycles. The number of carbonyl (C=O) groups is 2. The zero-order valence-corrected chi connectivity index (χ0v) is 13.3. The Morgan fingerprint density at radius 3 is 2.33 bits per heavy atom. The van der Waals surface area contributed by atoms with Gasteiger partial charge in [0.1, 0.15) is 0 Å². The summed E-state index contributed by atoms with van der Waals surface area (Å²) in [6, 6.07) is 15.8. The molecule has 1 fully saturated rings. The molecule has 0 bridgehead atoms. The minimum atomic E-state index is -0.175. The minimum Gasteiger partial charge on any atom is -0.376 e. The van der Waals surface area contributed by atoms with Gasteiger partial charge in [0.15, 0.2) is 0 Å². The Balaban J connectivity index is 1.54. The molecule has 1 atom stereocenters. The Hall–Kier alpha value is -2.66. The van der Waals surface area contributed by atoms with Crippen LogP contribution in [0, 0.1) is 0 Å². The lowest BCUT2D eigenvalue weighted by Crippen LogP contribution is -2.31. The summed E-state index contributed by atoms with van der Waals surface area (Å²) < 4.78 is 5.48. The fourth-order valence-corrected chi connectivity index (χ4v) is 2.61. The Kier molecular flexibility index (Phi) is 5.23. The first kappa shape index (κ1) is 16.2. The van der Waals surface area contributed by atoms with Crippen molar-refractivity contribution in [3.05, 3.63) is 65.7 Å². The fourth-order valence-electron chi connectivity index (χ4n) is 2.61. The maximum absolute atomic E-state index is 12.1. The number of ether oxygens (including phenoxy) is 1. The number of hydrogen-bond donors (Lipinski definition) is 2. The average Bonchev–Trinajstić information content (AvgIpc) is 3.14. The highest BCUT2D eigenvalue weighted by Gasteiger charge is 2.16. The van der Waals surface area contributed by atoms with Crippen LogP contribution < -0.4 is 10.6 Å². The third-order valence-electron chi connectivity index (χ3n) is 3.96. The second-order valence-corrected chi connectivity index (χ2v) is 5.74. The lowest BCUT2D eigenvalue weighted by Gasteiger charge is -2.11. The molecular weight excluding hydrogens is 304 g/mol. The van der Waals surface area contributed by atoms with E-state index in [1.54, 1.807) is 36.4 Å². The topological polar surface area (TPSA) is 67.4 Å². The Morgan fingerprint density at radius 2 is 1.67 bits per heavy atom. The van der Waals surface area contributed by atoms with Crippen molar-refractivity contribution >= 4 is 17.5 Å². The highest BCUT2D eigenvalue weighted by molar-refractivity contribution is 6.04. The summed E-state index contributed by atoms with van der Waals surface area (Å²) in [5.74, 6) is -0.308. The van der Waals surface area contributed by atoms with E-state index in [0.29, 0.717) is 23.4 Å².